The monoisotopic (exact) mass is 129 g/mol. The molecule has 0 N–H and O–H groups in total. The van der Waals surface area contributed by atoms with Crippen LogP contribution in [0, 0.1) is 5.92 Å². The molecule has 0 radical (unpaired) electrons. The van der Waals surface area contributed by atoms with Gasteiger partial charge in [0.05, 0.1) is 19.1 Å². The Morgan fingerprint density at radius 2 is 2.33 bits per heavy atom. The number of nitrogens with zero attached hydrogens (tertiary/aromatic N) is 1. The zero-order valence-corrected chi connectivity index (χ0v) is 4.82. The molecular weight excluding hydrogens is 122 g/mol. The third kappa shape index (κ3) is 1.26. The van der Waals surface area contributed by atoms with Gasteiger partial charge in [0.15, 0.2) is 0 Å². The van der Waals surface area contributed by atoms with Gasteiger partial charge in [-0.2, -0.15) is 0 Å². The zero-order valence-electron chi connectivity index (χ0n) is 4.82. The summed E-state index contributed by atoms with van der Waals surface area (Å²) in [6.45, 7) is 0.731. The molecule has 1 rings (SSSR count). The van der Waals surface area contributed by atoms with Crippen LogP contribution in [-0.2, 0) is 14.4 Å². The lowest BCUT2D eigenvalue weighted by atomic mass is 10.2. The summed E-state index contributed by atoms with van der Waals surface area (Å²) < 4.78 is 0. The van der Waals surface area contributed by atoms with Crippen molar-refractivity contribution in [3.8, 4) is 0 Å². The number of hydrogen-bond donors (Lipinski definition) is 0. The first-order valence-electron chi connectivity index (χ1n) is 2.67. The molecule has 0 aromatic heterocycles. The number of amides is 1. The normalized spacial score (nSPS) is 26.2. The molecule has 4 heteroatoms. The van der Waals surface area contributed by atoms with Gasteiger partial charge in [-0.25, -0.2) is 5.06 Å². The van der Waals surface area contributed by atoms with E-state index in [1.807, 2.05) is 0 Å². The molecule has 1 atom stereocenters. The maximum absolute atomic E-state index is 10.0. The molecule has 0 bridgehead atoms. The highest BCUT2D eigenvalue weighted by atomic mass is 16.7. The fourth-order valence-electron chi connectivity index (χ4n) is 0.684. The average molecular weight is 129 g/mol. The van der Waals surface area contributed by atoms with Gasteiger partial charge >= 0.3 is 0 Å². The van der Waals surface area contributed by atoms with Crippen molar-refractivity contribution in [2.24, 2.45) is 5.92 Å². The van der Waals surface area contributed by atoms with E-state index in [9.17, 15) is 9.59 Å². The molecule has 1 saturated heterocycles. The SMILES string of the molecule is O=CC1CON(C=O)C1. The van der Waals surface area contributed by atoms with Crippen LogP contribution in [0.1, 0.15) is 0 Å². The van der Waals surface area contributed by atoms with Gasteiger partial charge in [0.1, 0.15) is 6.29 Å². The van der Waals surface area contributed by atoms with Crippen molar-refractivity contribution in [2.75, 3.05) is 13.2 Å². The van der Waals surface area contributed by atoms with Crippen LogP contribution in [-0.4, -0.2) is 30.9 Å². The smallest absolute Gasteiger partial charge is 0.233 e. The predicted molar refractivity (Wildman–Crippen MR) is 28.3 cm³/mol. The molecule has 1 heterocycles. The van der Waals surface area contributed by atoms with Crippen LogP contribution in [0.4, 0.5) is 0 Å². The lowest BCUT2D eigenvalue weighted by Gasteiger charge is -2.02. The summed E-state index contributed by atoms with van der Waals surface area (Å²) >= 11 is 0. The van der Waals surface area contributed by atoms with E-state index in [4.69, 9.17) is 4.84 Å². The van der Waals surface area contributed by atoms with Crippen LogP contribution in [0.25, 0.3) is 0 Å². The quantitative estimate of drug-likeness (QED) is 0.459. The van der Waals surface area contributed by atoms with Crippen LogP contribution >= 0.6 is 0 Å². The first-order chi connectivity index (χ1) is 4.36. The molecule has 1 unspecified atom stereocenters. The number of hydrogen-bond acceptors (Lipinski definition) is 3. The maximum atomic E-state index is 10.0. The minimum atomic E-state index is -0.129. The van der Waals surface area contributed by atoms with Crippen molar-refractivity contribution in [3.05, 3.63) is 0 Å². The molecule has 1 amide bonds. The first-order valence-corrected chi connectivity index (χ1v) is 2.67. The van der Waals surface area contributed by atoms with E-state index in [0.29, 0.717) is 19.6 Å². The Hall–Kier alpha value is -0.900. The molecule has 0 aromatic rings. The Labute approximate surface area is 52.3 Å². The van der Waals surface area contributed by atoms with Crippen LogP contribution in [0.3, 0.4) is 0 Å². The summed E-state index contributed by atoms with van der Waals surface area (Å²) in [5.74, 6) is -0.129. The van der Waals surface area contributed by atoms with Crippen molar-refractivity contribution in [3.63, 3.8) is 0 Å². The van der Waals surface area contributed by atoms with Gasteiger partial charge in [-0.15, -0.1) is 0 Å². The number of rotatable bonds is 2. The molecule has 4 nitrogen and oxygen atoms in total. The van der Waals surface area contributed by atoms with Crippen LogP contribution in [0.15, 0.2) is 0 Å². The average Bonchev–Trinajstić information content (AvgIpc) is 2.34. The highest BCUT2D eigenvalue weighted by molar-refractivity contribution is 5.56. The van der Waals surface area contributed by atoms with Gasteiger partial charge in [0.25, 0.3) is 0 Å². The third-order valence-electron chi connectivity index (χ3n) is 1.18. The molecule has 0 aromatic carbocycles. The van der Waals surface area contributed by atoms with Crippen LogP contribution in [0.2, 0.25) is 0 Å². The molecular formula is C5H7NO3. The summed E-state index contributed by atoms with van der Waals surface area (Å²) in [6, 6.07) is 0. The highest BCUT2D eigenvalue weighted by Crippen LogP contribution is 2.06. The topological polar surface area (TPSA) is 46.6 Å². The van der Waals surface area contributed by atoms with Gasteiger partial charge in [-0.3, -0.25) is 9.63 Å². The second kappa shape index (κ2) is 2.59. The van der Waals surface area contributed by atoms with Gasteiger partial charge in [-0.05, 0) is 0 Å². The van der Waals surface area contributed by atoms with E-state index < -0.39 is 0 Å². The molecule has 1 fully saturated rings. The maximum Gasteiger partial charge on any atom is 0.233 e. The molecule has 0 aliphatic carbocycles. The van der Waals surface area contributed by atoms with Crippen molar-refractivity contribution >= 4 is 12.7 Å². The number of aldehydes is 1. The van der Waals surface area contributed by atoms with E-state index in [2.05, 4.69) is 0 Å². The minimum Gasteiger partial charge on any atom is -0.303 e. The number of carbonyl (C=O) groups is 2. The Morgan fingerprint density at radius 1 is 1.56 bits per heavy atom. The Bertz CT molecular complexity index is 111. The molecule has 1 aliphatic heterocycles. The first kappa shape index (κ1) is 6.22. The summed E-state index contributed by atoms with van der Waals surface area (Å²) in [5, 5.41) is 1.12. The Kier molecular flexibility index (Phi) is 1.79. The lowest BCUT2D eigenvalue weighted by Crippen LogP contribution is -2.16. The van der Waals surface area contributed by atoms with E-state index >= 15 is 0 Å². The number of carbonyl (C=O) groups excluding carboxylic acids is 2. The highest BCUT2D eigenvalue weighted by Gasteiger charge is 2.21. The van der Waals surface area contributed by atoms with Gasteiger partial charge < -0.3 is 4.79 Å². The van der Waals surface area contributed by atoms with E-state index in [0.717, 1.165) is 11.3 Å². The Morgan fingerprint density at radius 3 is 2.67 bits per heavy atom. The lowest BCUT2D eigenvalue weighted by molar-refractivity contribution is -0.153. The Balaban J connectivity index is 2.36. The summed E-state index contributed by atoms with van der Waals surface area (Å²) in [5.41, 5.74) is 0. The molecule has 9 heavy (non-hydrogen) atoms. The van der Waals surface area contributed by atoms with E-state index in [1.54, 1.807) is 0 Å². The van der Waals surface area contributed by atoms with Crippen LogP contribution in [0.5, 0.6) is 0 Å². The van der Waals surface area contributed by atoms with Crippen LogP contribution < -0.4 is 0 Å². The molecule has 50 valence electrons. The minimum absolute atomic E-state index is 0.129. The second-order valence-corrected chi connectivity index (χ2v) is 1.90. The van der Waals surface area contributed by atoms with Gasteiger partial charge in [0.2, 0.25) is 6.41 Å². The van der Waals surface area contributed by atoms with E-state index in [-0.39, 0.29) is 5.92 Å². The molecule has 0 saturated carbocycles. The third-order valence-corrected chi connectivity index (χ3v) is 1.18. The summed E-state index contributed by atoms with van der Waals surface area (Å²) in [4.78, 5) is 24.7. The molecule has 0 spiro atoms. The standard InChI is InChI=1S/C5H7NO3/c7-2-5-1-6(4-8)9-3-5/h2,4-5H,1,3H2. The van der Waals surface area contributed by atoms with Crippen molar-refractivity contribution < 1.29 is 14.4 Å². The summed E-state index contributed by atoms with van der Waals surface area (Å²) in [6.07, 6.45) is 1.37. The van der Waals surface area contributed by atoms with Gasteiger partial charge in [-0.1, -0.05) is 0 Å². The predicted octanol–water partition coefficient (Wildman–Crippen LogP) is -0.795. The van der Waals surface area contributed by atoms with E-state index in [1.165, 1.54) is 0 Å². The second-order valence-electron chi connectivity index (χ2n) is 1.90. The van der Waals surface area contributed by atoms with Crippen molar-refractivity contribution in [1.82, 2.24) is 5.06 Å². The van der Waals surface area contributed by atoms with Crippen molar-refractivity contribution in [2.45, 2.75) is 0 Å². The summed E-state index contributed by atoms with van der Waals surface area (Å²) in [7, 11) is 0. The fraction of sp³-hybridized carbons (Fsp3) is 0.600. The van der Waals surface area contributed by atoms with Crippen molar-refractivity contribution in [1.29, 1.82) is 0 Å². The number of hydroxylamine groups is 2. The zero-order chi connectivity index (χ0) is 6.69. The fourth-order valence-corrected chi connectivity index (χ4v) is 0.684. The largest absolute Gasteiger partial charge is 0.303 e. The molecule has 1 aliphatic rings. The van der Waals surface area contributed by atoms with Gasteiger partial charge in [0, 0.05) is 0 Å².